The van der Waals surface area contributed by atoms with Gasteiger partial charge in [0.2, 0.25) is 0 Å². The van der Waals surface area contributed by atoms with Crippen LogP contribution in [0.25, 0.3) is 0 Å². The summed E-state index contributed by atoms with van der Waals surface area (Å²) in [6.45, 7) is 6.07. The maximum Gasteiger partial charge on any atom is 0.0403 e. The van der Waals surface area contributed by atoms with Crippen LogP contribution in [0, 0.1) is 11.8 Å². The highest BCUT2D eigenvalue weighted by Crippen LogP contribution is 2.61. The van der Waals surface area contributed by atoms with Gasteiger partial charge in [0.05, 0.1) is 0 Å². The van der Waals surface area contributed by atoms with Gasteiger partial charge < -0.3 is 4.90 Å². The van der Waals surface area contributed by atoms with Crippen molar-refractivity contribution in [3.8, 4) is 0 Å². The van der Waals surface area contributed by atoms with Crippen LogP contribution >= 0.6 is 0 Å². The number of likely N-dealkylation sites (N-methyl/N-ethyl adjacent to an activating group) is 1. The molecule has 0 radical (unpaired) electrons. The molecule has 4 unspecified atom stereocenters. The molecule has 2 aliphatic rings. The first-order valence-electron chi connectivity index (χ1n) is 8.50. The van der Waals surface area contributed by atoms with Crippen LogP contribution in [0.4, 0.5) is 5.69 Å². The molecule has 0 amide bonds. The van der Waals surface area contributed by atoms with E-state index in [4.69, 9.17) is 0 Å². The molecule has 0 aromatic heterocycles. The van der Waals surface area contributed by atoms with Crippen molar-refractivity contribution in [2.45, 2.75) is 31.6 Å². The van der Waals surface area contributed by atoms with E-state index in [2.05, 4.69) is 80.4 Å². The minimum absolute atomic E-state index is 0.270. The molecule has 1 spiro atoms. The minimum atomic E-state index is 0.270. The Kier molecular flexibility index (Phi) is 3.07. The zero-order valence-electron chi connectivity index (χ0n) is 13.8. The molecular weight excluding hydrogens is 266 g/mol. The molecule has 4 rings (SSSR count). The Morgan fingerprint density at radius 3 is 2.41 bits per heavy atom. The summed E-state index contributed by atoms with van der Waals surface area (Å²) in [6, 6.07) is 20.3. The van der Waals surface area contributed by atoms with Crippen LogP contribution in [-0.2, 0) is 5.41 Å². The fourth-order valence-electron chi connectivity index (χ4n) is 5.45. The molecule has 1 heteroatoms. The Morgan fingerprint density at radius 1 is 0.955 bits per heavy atom. The van der Waals surface area contributed by atoms with Crippen molar-refractivity contribution in [2.24, 2.45) is 11.8 Å². The van der Waals surface area contributed by atoms with Gasteiger partial charge in [-0.2, -0.15) is 0 Å². The lowest BCUT2D eigenvalue weighted by atomic mass is 9.66. The summed E-state index contributed by atoms with van der Waals surface area (Å²) < 4.78 is 0. The molecule has 1 aliphatic heterocycles. The fourth-order valence-corrected chi connectivity index (χ4v) is 5.45. The van der Waals surface area contributed by atoms with E-state index < -0.39 is 0 Å². The summed E-state index contributed by atoms with van der Waals surface area (Å²) in [7, 11) is 2.26. The number of anilines is 1. The van der Waals surface area contributed by atoms with Gasteiger partial charge in [-0.1, -0.05) is 62.4 Å². The second-order valence-corrected chi connectivity index (χ2v) is 7.42. The first kappa shape index (κ1) is 13.9. The van der Waals surface area contributed by atoms with Crippen molar-refractivity contribution in [1.29, 1.82) is 0 Å². The van der Waals surface area contributed by atoms with Crippen molar-refractivity contribution in [2.75, 3.05) is 18.5 Å². The van der Waals surface area contributed by atoms with Gasteiger partial charge in [-0.3, -0.25) is 0 Å². The third-order valence-electron chi connectivity index (χ3n) is 6.20. The molecule has 1 nitrogen and oxygen atoms in total. The molecule has 2 aromatic rings. The zero-order valence-corrected chi connectivity index (χ0v) is 13.8. The van der Waals surface area contributed by atoms with Gasteiger partial charge in [-0.25, -0.2) is 0 Å². The van der Waals surface area contributed by atoms with Crippen LogP contribution in [-0.4, -0.2) is 13.6 Å². The summed E-state index contributed by atoms with van der Waals surface area (Å²) in [6.07, 6.45) is 1.32. The third-order valence-corrected chi connectivity index (χ3v) is 6.20. The predicted molar refractivity (Wildman–Crippen MR) is 93.5 cm³/mol. The maximum atomic E-state index is 2.47. The van der Waals surface area contributed by atoms with E-state index in [0.29, 0.717) is 5.92 Å². The van der Waals surface area contributed by atoms with Gasteiger partial charge in [0.25, 0.3) is 0 Å². The van der Waals surface area contributed by atoms with E-state index in [1.165, 1.54) is 17.7 Å². The smallest absolute Gasteiger partial charge is 0.0403 e. The number of hydrogen-bond acceptors (Lipinski definition) is 1. The molecule has 1 aliphatic carbocycles. The standard InChI is InChI=1S/C21H25N/c1-15-13-16(2)21(20(15)17-9-5-4-6-10-17)14-22(3)19-12-8-7-11-18(19)21/h4-12,15-16,20H,13-14H2,1-3H3. The third kappa shape index (κ3) is 1.71. The van der Waals surface area contributed by atoms with E-state index in [9.17, 15) is 0 Å². The summed E-state index contributed by atoms with van der Waals surface area (Å²) in [5, 5.41) is 0. The van der Waals surface area contributed by atoms with Gasteiger partial charge in [-0.05, 0) is 41.4 Å². The Hall–Kier alpha value is -1.76. The summed E-state index contributed by atoms with van der Waals surface area (Å²) in [4.78, 5) is 2.47. The van der Waals surface area contributed by atoms with Gasteiger partial charge in [0, 0.05) is 24.7 Å². The van der Waals surface area contributed by atoms with E-state index in [-0.39, 0.29) is 5.41 Å². The quantitative estimate of drug-likeness (QED) is 0.727. The average Bonchev–Trinajstić information content (AvgIpc) is 2.96. The monoisotopic (exact) mass is 291 g/mol. The zero-order chi connectivity index (χ0) is 15.3. The minimum Gasteiger partial charge on any atom is -0.373 e. The lowest BCUT2D eigenvalue weighted by Crippen LogP contribution is -2.39. The van der Waals surface area contributed by atoms with E-state index in [1.54, 1.807) is 5.56 Å². The maximum absolute atomic E-state index is 2.47. The lowest BCUT2D eigenvalue weighted by molar-refractivity contribution is 0.321. The first-order valence-corrected chi connectivity index (χ1v) is 8.50. The number of nitrogens with zero attached hydrogens (tertiary/aromatic N) is 1. The Morgan fingerprint density at radius 2 is 1.64 bits per heavy atom. The van der Waals surface area contributed by atoms with Gasteiger partial charge >= 0.3 is 0 Å². The summed E-state index contributed by atoms with van der Waals surface area (Å²) in [5.74, 6) is 2.07. The van der Waals surface area contributed by atoms with E-state index >= 15 is 0 Å². The van der Waals surface area contributed by atoms with Crippen LogP contribution in [0.3, 0.4) is 0 Å². The van der Waals surface area contributed by atoms with Crippen LogP contribution < -0.4 is 4.90 Å². The highest BCUT2D eigenvalue weighted by atomic mass is 15.1. The second-order valence-electron chi connectivity index (χ2n) is 7.42. The van der Waals surface area contributed by atoms with E-state index in [0.717, 1.165) is 18.4 Å². The highest BCUT2D eigenvalue weighted by molar-refractivity contribution is 5.64. The average molecular weight is 291 g/mol. The largest absolute Gasteiger partial charge is 0.373 e. The SMILES string of the molecule is CC1CC(C)C2(CN(C)c3ccccc32)C1c1ccccc1. The molecule has 0 bridgehead atoms. The van der Waals surface area contributed by atoms with E-state index in [1.807, 2.05) is 0 Å². The topological polar surface area (TPSA) is 3.24 Å². The summed E-state index contributed by atoms with van der Waals surface area (Å²) in [5.41, 5.74) is 4.79. The van der Waals surface area contributed by atoms with Crippen molar-refractivity contribution in [1.82, 2.24) is 0 Å². The molecule has 1 heterocycles. The predicted octanol–water partition coefficient (Wildman–Crippen LogP) is 4.83. The van der Waals surface area contributed by atoms with Crippen LogP contribution in [0.1, 0.15) is 37.3 Å². The lowest BCUT2D eigenvalue weighted by Gasteiger charge is -2.37. The van der Waals surface area contributed by atoms with Crippen molar-refractivity contribution in [3.05, 3.63) is 65.7 Å². The molecule has 1 saturated carbocycles. The van der Waals surface area contributed by atoms with Crippen LogP contribution in [0.5, 0.6) is 0 Å². The number of para-hydroxylation sites is 1. The van der Waals surface area contributed by atoms with Gasteiger partial charge in [0.15, 0.2) is 0 Å². The Balaban J connectivity index is 1.92. The number of hydrogen-bond donors (Lipinski definition) is 0. The molecule has 22 heavy (non-hydrogen) atoms. The van der Waals surface area contributed by atoms with Crippen LogP contribution in [0.2, 0.25) is 0 Å². The van der Waals surface area contributed by atoms with Gasteiger partial charge in [0.1, 0.15) is 0 Å². The molecule has 114 valence electrons. The van der Waals surface area contributed by atoms with Crippen molar-refractivity contribution < 1.29 is 0 Å². The second kappa shape index (κ2) is 4.87. The fraction of sp³-hybridized carbons (Fsp3) is 0.429. The number of fused-ring (bicyclic) bond motifs is 2. The molecule has 0 saturated heterocycles. The first-order chi connectivity index (χ1) is 10.6. The van der Waals surface area contributed by atoms with Gasteiger partial charge in [-0.15, -0.1) is 0 Å². The summed E-state index contributed by atoms with van der Waals surface area (Å²) >= 11 is 0. The normalized spacial score (nSPS) is 33.4. The number of rotatable bonds is 1. The van der Waals surface area contributed by atoms with Crippen molar-refractivity contribution >= 4 is 5.69 Å². The highest BCUT2D eigenvalue weighted by Gasteiger charge is 2.57. The molecular formula is C21H25N. The molecule has 0 N–H and O–H groups in total. The Bertz CT molecular complexity index is 677. The number of benzene rings is 2. The molecule has 2 aromatic carbocycles. The van der Waals surface area contributed by atoms with Crippen LogP contribution in [0.15, 0.2) is 54.6 Å². The molecule has 4 atom stereocenters. The molecule has 1 fully saturated rings. The van der Waals surface area contributed by atoms with Crippen molar-refractivity contribution in [3.63, 3.8) is 0 Å². The Labute approximate surface area is 134 Å².